The molecule has 9 nitrogen and oxygen atoms in total. The van der Waals surface area contributed by atoms with Crippen LogP contribution in [0.15, 0.2) is 36.7 Å². The fourth-order valence-corrected chi connectivity index (χ4v) is 3.01. The second-order valence-electron chi connectivity index (χ2n) is 6.48. The number of aromatic nitrogens is 2. The van der Waals surface area contributed by atoms with Crippen molar-refractivity contribution in [2.75, 3.05) is 38.1 Å². The van der Waals surface area contributed by atoms with Gasteiger partial charge in [-0.15, -0.1) is 0 Å². The van der Waals surface area contributed by atoms with Gasteiger partial charge in [-0.25, -0.2) is 14.8 Å². The lowest BCUT2D eigenvalue weighted by Gasteiger charge is -2.34. The maximum Gasteiger partial charge on any atom is 0.340 e. The Kier molecular flexibility index (Phi) is 6.38. The van der Waals surface area contributed by atoms with Crippen molar-refractivity contribution in [3.8, 4) is 0 Å². The van der Waals surface area contributed by atoms with Crippen LogP contribution < -0.4 is 5.32 Å². The molecule has 0 radical (unpaired) electrons. The van der Waals surface area contributed by atoms with Crippen LogP contribution in [0, 0.1) is 0 Å². The molecule has 1 aromatic heterocycles. The van der Waals surface area contributed by atoms with Crippen molar-refractivity contribution >= 4 is 29.4 Å². The molecule has 9 heteroatoms. The molecule has 1 aromatic carbocycles. The van der Waals surface area contributed by atoms with Crippen LogP contribution in [0.4, 0.5) is 11.6 Å². The molecule has 1 aliphatic rings. The van der Waals surface area contributed by atoms with Gasteiger partial charge in [0.1, 0.15) is 0 Å². The highest BCUT2D eigenvalue weighted by molar-refractivity contribution is 5.96. The van der Waals surface area contributed by atoms with Crippen molar-refractivity contribution in [3.63, 3.8) is 0 Å². The predicted molar refractivity (Wildman–Crippen MR) is 106 cm³/mol. The molecule has 2 amide bonds. The van der Waals surface area contributed by atoms with E-state index in [0.29, 0.717) is 43.0 Å². The van der Waals surface area contributed by atoms with Gasteiger partial charge in [0, 0.05) is 45.5 Å². The van der Waals surface area contributed by atoms with Crippen LogP contribution in [0.1, 0.15) is 34.6 Å². The summed E-state index contributed by atoms with van der Waals surface area (Å²) in [6.45, 7) is 5.54. The van der Waals surface area contributed by atoms with Crippen LogP contribution in [0.25, 0.3) is 0 Å². The Balaban J connectivity index is 1.66. The molecule has 2 aromatic rings. The third-order valence-corrected chi connectivity index (χ3v) is 4.58. The zero-order chi connectivity index (χ0) is 20.8. The summed E-state index contributed by atoms with van der Waals surface area (Å²) in [7, 11) is 0. The lowest BCUT2D eigenvalue weighted by Crippen LogP contribution is -2.50. The van der Waals surface area contributed by atoms with Crippen LogP contribution in [-0.4, -0.2) is 70.3 Å². The number of rotatable bonds is 5. The molecule has 0 bridgehead atoms. The molecule has 2 heterocycles. The maximum atomic E-state index is 12.6. The van der Waals surface area contributed by atoms with E-state index >= 15 is 0 Å². The van der Waals surface area contributed by atoms with Crippen molar-refractivity contribution in [2.45, 2.75) is 13.8 Å². The molecule has 0 aliphatic carbocycles. The lowest BCUT2D eigenvalue weighted by atomic mass is 10.2. The van der Waals surface area contributed by atoms with Crippen LogP contribution in [0.3, 0.4) is 0 Å². The van der Waals surface area contributed by atoms with Crippen molar-refractivity contribution in [1.82, 2.24) is 19.8 Å². The molecule has 1 fully saturated rings. The minimum Gasteiger partial charge on any atom is -0.462 e. The number of para-hydroxylation sites is 1. The molecule has 152 valence electrons. The van der Waals surface area contributed by atoms with Gasteiger partial charge in [-0.05, 0) is 19.1 Å². The Bertz CT molecular complexity index is 892. The summed E-state index contributed by atoms with van der Waals surface area (Å²) in [6.07, 6.45) is 2.89. The fourth-order valence-electron chi connectivity index (χ4n) is 3.01. The number of hydrogen-bond donors (Lipinski definition) is 1. The summed E-state index contributed by atoms with van der Waals surface area (Å²) in [6, 6.07) is 6.90. The third-order valence-electron chi connectivity index (χ3n) is 4.58. The number of nitrogens with zero attached hydrogens (tertiary/aromatic N) is 4. The number of esters is 1. The van der Waals surface area contributed by atoms with Crippen LogP contribution in [0.2, 0.25) is 0 Å². The van der Waals surface area contributed by atoms with Crippen LogP contribution in [-0.2, 0) is 9.53 Å². The molecule has 0 saturated carbocycles. The highest BCUT2D eigenvalue weighted by atomic mass is 16.5. The first-order valence-electron chi connectivity index (χ1n) is 9.39. The lowest BCUT2D eigenvalue weighted by molar-refractivity contribution is -0.130. The second kappa shape index (κ2) is 9.13. The Morgan fingerprint density at radius 1 is 1.03 bits per heavy atom. The van der Waals surface area contributed by atoms with E-state index in [9.17, 15) is 14.4 Å². The molecule has 1 saturated heterocycles. The summed E-state index contributed by atoms with van der Waals surface area (Å²) in [5.41, 5.74) is 1.26. The first kappa shape index (κ1) is 20.2. The Hall–Kier alpha value is -3.49. The molecule has 0 unspecified atom stereocenters. The number of ether oxygens (including phenoxy) is 1. The van der Waals surface area contributed by atoms with E-state index in [0.717, 1.165) is 0 Å². The van der Waals surface area contributed by atoms with E-state index in [4.69, 9.17) is 4.74 Å². The van der Waals surface area contributed by atoms with Crippen LogP contribution in [0.5, 0.6) is 0 Å². The number of benzene rings is 1. The Labute approximate surface area is 168 Å². The first-order chi connectivity index (χ1) is 14.0. The van der Waals surface area contributed by atoms with E-state index in [2.05, 4.69) is 15.3 Å². The first-order valence-corrected chi connectivity index (χ1v) is 9.39. The normalized spacial score (nSPS) is 13.7. The van der Waals surface area contributed by atoms with Crippen molar-refractivity contribution in [2.24, 2.45) is 0 Å². The average molecular weight is 397 g/mol. The molecule has 3 rings (SSSR count). The Morgan fingerprint density at radius 2 is 1.66 bits per heavy atom. The van der Waals surface area contributed by atoms with E-state index in [-0.39, 0.29) is 24.4 Å². The maximum absolute atomic E-state index is 12.6. The van der Waals surface area contributed by atoms with E-state index in [1.165, 1.54) is 19.3 Å². The summed E-state index contributed by atoms with van der Waals surface area (Å²) in [5, 5.41) is 2.98. The van der Waals surface area contributed by atoms with Crippen molar-refractivity contribution < 1.29 is 19.1 Å². The van der Waals surface area contributed by atoms with Gasteiger partial charge >= 0.3 is 5.97 Å². The molecule has 29 heavy (non-hydrogen) atoms. The van der Waals surface area contributed by atoms with Gasteiger partial charge in [0.05, 0.1) is 23.4 Å². The van der Waals surface area contributed by atoms with Crippen molar-refractivity contribution in [3.05, 3.63) is 47.8 Å². The number of carbonyl (C=O) groups excluding carboxylic acids is 3. The third kappa shape index (κ3) is 4.87. The summed E-state index contributed by atoms with van der Waals surface area (Å²) in [5.74, 6) is -0.336. The molecule has 0 atom stereocenters. The Morgan fingerprint density at radius 3 is 2.28 bits per heavy atom. The minimum atomic E-state index is -0.438. The summed E-state index contributed by atoms with van der Waals surface area (Å²) < 4.78 is 5.05. The molecule has 1 aliphatic heterocycles. The summed E-state index contributed by atoms with van der Waals surface area (Å²) >= 11 is 0. The number of hydrogen-bond acceptors (Lipinski definition) is 7. The van der Waals surface area contributed by atoms with E-state index in [1.54, 1.807) is 41.0 Å². The average Bonchev–Trinajstić information content (AvgIpc) is 2.74. The number of amides is 2. The smallest absolute Gasteiger partial charge is 0.340 e. The van der Waals surface area contributed by atoms with Gasteiger partial charge in [0.15, 0.2) is 0 Å². The van der Waals surface area contributed by atoms with Crippen LogP contribution >= 0.6 is 0 Å². The second-order valence-corrected chi connectivity index (χ2v) is 6.48. The fraction of sp³-hybridized carbons (Fsp3) is 0.350. The molecule has 0 spiro atoms. The predicted octanol–water partition coefficient (Wildman–Crippen LogP) is 1.70. The van der Waals surface area contributed by atoms with Crippen molar-refractivity contribution in [1.29, 1.82) is 0 Å². The highest BCUT2D eigenvalue weighted by Gasteiger charge is 2.23. The van der Waals surface area contributed by atoms with E-state index < -0.39 is 5.97 Å². The van der Waals surface area contributed by atoms with Gasteiger partial charge in [0.25, 0.3) is 5.91 Å². The highest BCUT2D eigenvalue weighted by Crippen LogP contribution is 2.19. The largest absolute Gasteiger partial charge is 0.462 e. The standard InChI is InChI=1S/C20H23N5O4/c1-3-29-19(28)16-6-4-5-7-17(16)23-20-21-12-15(13-22-20)18(27)25-10-8-24(9-11-25)14(2)26/h4-7,12-13H,3,8-11H2,1-2H3,(H,21,22,23). The quantitative estimate of drug-likeness (QED) is 0.766. The van der Waals surface area contributed by atoms with Gasteiger partial charge in [0.2, 0.25) is 11.9 Å². The van der Waals surface area contributed by atoms with E-state index in [1.807, 2.05) is 0 Å². The zero-order valence-electron chi connectivity index (χ0n) is 16.4. The molecular weight excluding hydrogens is 374 g/mol. The number of piperazine rings is 1. The monoisotopic (exact) mass is 397 g/mol. The number of carbonyl (C=O) groups is 3. The van der Waals surface area contributed by atoms with Gasteiger partial charge in [-0.1, -0.05) is 12.1 Å². The minimum absolute atomic E-state index is 0.0129. The summed E-state index contributed by atoms with van der Waals surface area (Å²) in [4.78, 5) is 47.9. The van der Waals surface area contributed by atoms with Gasteiger partial charge in [-0.2, -0.15) is 0 Å². The molecule has 1 N–H and O–H groups in total. The topological polar surface area (TPSA) is 105 Å². The zero-order valence-corrected chi connectivity index (χ0v) is 16.4. The number of anilines is 2. The molecular formula is C20H23N5O4. The van der Waals surface area contributed by atoms with Gasteiger partial charge < -0.3 is 19.9 Å². The van der Waals surface area contributed by atoms with Gasteiger partial charge in [-0.3, -0.25) is 9.59 Å². The number of nitrogens with one attached hydrogen (secondary N) is 1. The SMILES string of the molecule is CCOC(=O)c1ccccc1Nc1ncc(C(=O)N2CCN(C(C)=O)CC2)cn1.